The number of hydrogen-bond acceptors (Lipinski definition) is 6. The maximum Gasteiger partial charge on any atom is 0.197 e. The van der Waals surface area contributed by atoms with Crippen molar-refractivity contribution >= 4 is 22.6 Å². The third kappa shape index (κ3) is 3.24. The van der Waals surface area contributed by atoms with Gasteiger partial charge in [0.15, 0.2) is 5.43 Å². The van der Waals surface area contributed by atoms with Crippen LogP contribution in [0.25, 0.3) is 22.3 Å². The molecule has 2 heterocycles. The Morgan fingerprint density at radius 2 is 1.86 bits per heavy atom. The van der Waals surface area contributed by atoms with Gasteiger partial charge in [0.1, 0.15) is 28.2 Å². The maximum absolute atomic E-state index is 12.7. The van der Waals surface area contributed by atoms with E-state index in [4.69, 9.17) is 16.0 Å². The van der Waals surface area contributed by atoms with Gasteiger partial charge in [-0.05, 0) is 44.3 Å². The number of halogens is 1. The van der Waals surface area contributed by atoms with Crippen molar-refractivity contribution in [3.63, 3.8) is 0 Å². The Bertz CT molecular complexity index is 1090. The lowest BCUT2D eigenvalue weighted by atomic mass is 9.85. The van der Waals surface area contributed by atoms with E-state index in [9.17, 15) is 20.1 Å². The summed E-state index contributed by atoms with van der Waals surface area (Å²) in [6, 6.07) is 9.25. The van der Waals surface area contributed by atoms with Gasteiger partial charge in [-0.2, -0.15) is 0 Å². The third-order valence-corrected chi connectivity index (χ3v) is 5.53. The molecule has 1 fully saturated rings. The summed E-state index contributed by atoms with van der Waals surface area (Å²) in [5.41, 5.74) is 0.665. The van der Waals surface area contributed by atoms with Crippen LogP contribution in [-0.2, 0) is 0 Å². The van der Waals surface area contributed by atoms with Crippen LogP contribution in [0.2, 0.25) is 5.02 Å². The molecule has 1 aliphatic rings. The van der Waals surface area contributed by atoms with Crippen LogP contribution in [0.3, 0.4) is 0 Å². The number of likely N-dealkylation sites (N-methyl/N-ethyl adjacent to an activating group) is 1. The van der Waals surface area contributed by atoms with E-state index < -0.39 is 17.5 Å². The predicted octanol–water partition coefficient (Wildman–Crippen LogP) is 3.30. The molecule has 0 saturated carbocycles. The Morgan fingerprint density at radius 1 is 1.14 bits per heavy atom. The Labute approximate surface area is 166 Å². The Morgan fingerprint density at radius 3 is 2.54 bits per heavy atom. The van der Waals surface area contributed by atoms with Crippen molar-refractivity contribution in [1.29, 1.82) is 0 Å². The Kier molecular flexibility index (Phi) is 4.79. The van der Waals surface area contributed by atoms with E-state index >= 15 is 0 Å². The van der Waals surface area contributed by atoms with Crippen LogP contribution in [-0.4, -0.2) is 46.5 Å². The molecule has 2 atom stereocenters. The summed E-state index contributed by atoms with van der Waals surface area (Å²) in [6.07, 6.45) is -0.151. The molecule has 3 N–H and O–H groups in total. The third-order valence-electron chi connectivity index (χ3n) is 5.28. The van der Waals surface area contributed by atoms with Crippen molar-refractivity contribution in [3.05, 3.63) is 57.2 Å². The molecule has 1 saturated heterocycles. The van der Waals surface area contributed by atoms with E-state index in [2.05, 4.69) is 0 Å². The van der Waals surface area contributed by atoms with Gasteiger partial charge in [0.05, 0.1) is 6.10 Å². The summed E-state index contributed by atoms with van der Waals surface area (Å²) in [7, 11) is 1.91. The summed E-state index contributed by atoms with van der Waals surface area (Å²) < 4.78 is 6.00. The molecule has 6 nitrogen and oxygen atoms in total. The van der Waals surface area contributed by atoms with Gasteiger partial charge in [-0.15, -0.1) is 0 Å². The van der Waals surface area contributed by atoms with E-state index in [0.717, 1.165) is 12.6 Å². The van der Waals surface area contributed by atoms with E-state index in [-0.39, 0.29) is 22.5 Å². The zero-order chi connectivity index (χ0) is 20.0. The minimum atomic E-state index is -0.734. The number of β-amino-alcohol motifs (C(OH)–C–C–N with tert-alkyl or cyclic N) is 1. The molecule has 1 aliphatic heterocycles. The summed E-state index contributed by atoms with van der Waals surface area (Å²) in [5.74, 6) is -0.671. The van der Waals surface area contributed by atoms with Crippen molar-refractivity contribution in [2.75, 3.05) is 20.1 Å². The Hall–Kier alpha value is -2.54. The number of phenols is 2. The number of nitrogens with zero attached hydrogens (tertiary/aromatic N) is 1. The van der Waals surface area contributed by atoms with Crippen molar-refractivity contribution in [1.82, 2.24) is 4.90 Å². The first kappa shape index (κ1) is 18.8. The SMILES string of the molecule is CN1CC[C@H](c2c(O)cc(O)c3c(=O)cc(-c4ccc(Cl)cc4)oc23)[C@H](O)C1. The van der Waals surface area contributed by atoms with Crippen molar-refractivity contribution in [2.24, 2.45) is 0 Å². The molecule has 0 spiro atoms. The van der Waals surface area contributed by atoms with Crippen LogP contribution >= 0.6 is 11.6 Å². The van der Waals surface area contributed by atoms with Crippen molar-refractivity contribution in [2.45, 2.75) is 18.4 Å². The molecule has 1 aromatic heterocycles. The smallest absolute Gasteiger partial charge is 0.197 e. The highest BCUT2D eigenvalue weighted by molar-refractivity contribution is 6.30. The van der Waals surface area contributed by atoms with Crippen LogP contribution < -0.4 is 5.43 Å². The first-order valence-electron chi connectivity index (χ1n) is 9.00. The maximum atomic E-state index is 12.7. The Balaban J connectivity index is 1.96. The number of piperidine rings is 1. The summed E-state index contributed by atoms with van der Waals surface area (Å²) in [6.45, 7) is 1.16. The molecule has 2 aromatic carbocycles. The molecule has 0 radical (unpaired) electrons. The highest BCUT2D eigenvalue weighted by Crippen LogP contribution is 2.42. The fraction of sp³-hybridized carbons (Fsp3) is 0.286. The highest BCUT2D eigenvalue weighted by atomic mass is 35.5. The van der Waals surface area contributed by atoms with Gasteiger partial charge in [-0.25, -0.2) is 0 Å². The quantitative estimate of drug-likeness (QED) is 0.610. The highest BCUT2D eigenvalue weighted by Gasteiger charge is 2.33. The normalized spacial score (nSPS) is 20.5. The number of likely N-dealkylation sites (tertiary alicyclic amines) is 1. The minimum Gasteiger partial charge on any atom is -0.507 e. The second-order valence-electron chi connectivity index (χ2n) is 7.24. The van der Waals surface area contributed by atoms with Crippen LogP contribution in [0.15, 0.2) is 45.6 Å². The van der Waals surface area contributed by atoms with Gasteiger partial charge in [-0.1, -0.05) is 11.6 Å². The first-order chi connectivity index (χ1) is 13.3. The van der Waals surface area contributed by atoms with Crippen LogP contribution in [0.5, 0.6) is 11.5 Å². The lowest BCUT2D eigenvalue weighted by molar-refractivity contribution is 0.0631. The standard InChI is InChI=1S/C21H20ClNO5/c1-23-7-6-13(17(27)10-23)19-14(24)8-15(25)20-16(26)9-18(28-21(19)20)11-2-4-12(22)5-3-11/h2-5,8-9,13,17,24-25,27H,6-7,10H2,1H3/t13-,17+/m0/s1. The van der Waals surface area contributed by atoms with Crippen LogP contribution in [0.4, 0.5) is 0 Å². The molecule has 0 aliphatic carbocycles. The number of fused-ring (bicyclic) bond motifs is 1. The molecular weight excluding hydrogens is 382 g/mol. The number of aliphatic hydroxyl groups is 1. The molecule has 0 amide bonds. The average molecular weight is 402 g/mol. The van der Waals surface area contributed by atoms with E-state index in [1.165, 1.54) is 6.07 Å². The van der Waals surface area contributed by atoms with Gasteiger partial charge in [0.2, 0.25) is 0 Å². The fourth-order valence-corrected chi connectivity index (χ4v) is 3.99. The largest absolute Gasteiger partial charge is 0.507 e. The topological polar surface area (TPSA) is 94.1 Å². The lowest BCUT2D eigenvalue weighted by Crippen LogP contribution is -2.40. The predicted molar refractivity (Wildman–Crippen MR) is 107 cm³/mol. The van der Waals surface area contributed by atoms with Crippen LogP contribution in [0.1, 0.15) is 17.9 Å². The van der Waals surface area contributed by atoms with Crippen molar-refractivity contribution in [3.8, 4) is 22.8 Å². The van der Waals surface area contributed by atoms with Crippen molar-refractivity contribution < 1.29 is 19.7 Å². The number of rotatable bonds is 2. The second-order valence-corrected chi connectivity index (χ2v) is 7.68. The fourth-order valence-electron chi connectivity index (χ4n) is 3.86. The number of hydrogen-bond donors (Lipinski definition) is 3. The van der Waals surface area contributed by atoms with Gasteiger partial charge < -0.3 is 24.6 Å². The zero-order valence-corrected chi connectivity index (χ0v) is 16.0. The minimum absolute atomic E-state index is 0.00311. The van der Waals surface area contributed by atoms with E-state index in [0.29, 0.717) is 34.9 Å². The molecule has 146 valence electrons. The molecule has 4 rings (SSSR count). The zero-order valence-electron chi connectivity index (χ0n) is 15.2. The van der Waals surface area contributed by atoms with Gasteiger partial charge in [0.25, 0.3) is 0 Å². The number of benzene rings is 2. The van der Waals surface area contributed by atoms with E-state index in [1.807, 2.05) is 11.9 Å². The first-order valence-corrected chi connectivity index (χ1v) is 9.38. The van der Waals surface area contributed by atoms with Gasteiger partial charge in [0, 0.05) is 40.7 Å². The van der Waals surface area contributed by atoms with E-state index in [1.54, 1.807) is 24.3 Å². The molecular formula is C21H20ClNO5. The lowest BCUT2D eigenvalue weighted by Gasteiger charge is -2.34. The summed E-state index contributed by atoms with van der Waals surface area (Å²) in [5, 5.41) is 31.9. The summed E-state index contributed by atoms with van der Waals surface area (Å²) >= 11 is 5.93. The second kappa shape index (κ2) is 7.13. The number of phenolic OH excluding ortho intramolecular Hbond substituents is 2. The number of aliphatic hydroxyl groups excluding tert-OH is 1. The molecule has 0 bridgehead atoms. The number of aromatic hydroxyl groups is 2. The van der Waals surface area contributed by atoms with Crippen LogP contribution in [0, 0.1) is 0 Å². The van der Waals surface area contributed by atoms with Gasteiger partial charge in [-0.3, -0.25) is 4.79 Å². The molecule has 3 aromatic rings. The summed E-state index contributed by atoms with van der Waals surface area (Å²) in [4.78, 5) is 14.7. The molecule has 7 heteroatoms. The molecule has 0 unspecified atom stereocenters. The monoisotopic (exact) mass is 401 g/mol. The van der Waals surface area contributed by atoms with Gasteiger partial charge >= 0.3 is 0 Å². The average Bonchev–Trinajstić information content (AvgIpc) is 2.63. The molecule has 28 heavy (non-hydrogen) atoms.